The zero-order valence-electron chi connectivity index (χ0n) is 10.8. The van der Waals surface area contributed by atoms with Crippen LogP contribution in [-0.2, 0) is 6.42 Å². The van der Waals surface area contributed by atoms with Crippen molar-refractivity contribution in [2.24, 2.45) is 0 Å². The van der Waals surface area contributed by atoms with E-state index in [1.165, 1.54) is 4.88 Å². The predicted octanol–water partition coefficient (Wildman–Crippen LogP) is 3.73. The number of carbonyl (C=O) groups is 1. The number of nitrogens with zero attached hydrogens (tertiary/aromatic N) is 2. The second-order valence-electron chi connectivity index (χ2n) is 4.61. The number of hydrogen-bond donors (Lipinski definition) is 0. The van der Waals surface area contributed by atoms with Crippen LogP contribution in [0.15, 0.2) is 29.8 Å². The highest BCUT2D eigenvalue weighted by Gasteiger charge is 2.13. The third-order valence-electron chi connectivity index (χ3n) is 2.85. The third-order valence-corrected chi connectivity index (χ3v) is 3.79. The third kappa shape index (κ3) is 3.07. The van der Waals surface area contributed by atoms with E-state index in [9.17, 15) is 4.79 Å². The number of rotatable bonds is 6. The van der Waals surface area contributed by atoms with Gasteiger partial charge in [-0.15, -0.1) is 11.3 Å². The lowest BCUT2D eigenvalue weighted by Gasteiger charge is -2.09. The Morgan fingerprint density at radius 2 is 2.28 bits per heavy atom. The van der Waals surface area contributed by atoms with Gasteiger partial charge in [-0.2, -0.15) is 5.10 Å². The van der Waals surface area contributed by atoms with E-state index >= 15 is 0 Å². The molecule has 18 heavy (non-hydrogen) atoms. The fourth-order valence-electron chi connectivity index (χ4n) is 1.95. The topological polar surface area (TPSA) is 34.9 Å². The summed E-state index contributed by atoms with van der Waals surface area (Å²) in [6.07, 6.45) is 4.19. The summed E-state index contributed by atoms with van der Waals surface area (Å²) in [6.45, 7) is 4.07. The Bertz CT molecular complexity index is 500. The van der Waals surface area contributed by atoms with E-state index in [0.29, 0.717) is 6.42 Å². The van der Waals surface area contributed by atoms with Crippen molar-refractivity contribution >= 4 is 17.1 Å². The number of thiophene rings is 1. The Morgan fingerprint density at radius 3 is 2.94 bits per heavy atom. The Hall–Kier alpha value is -1.42. The van der Waals surface area contributed by atoms with Crippen LogP contribution in [0.1, 0.15) is 48.1 Å². The van der Waals surface area contributed by atoms with E-state index in [1.54, 1.807) is 22.2 Å². The average molecular weight is 262 g/mol. The van der Waals surface area contributed by atoms with Crippen molar-refractivity contribution in [1.29, 1.82) is 0 Å². The molecule has 4 heteroatoms. The highest BCUT2D eigenvalue weighted by molar-refractivity contribution is 7.09. The summed E-state index contributed by atoms with van der Waals surface area (Å²) in [5.41, 5.74) is 0.733. The summed E-state index contributed by atoms with van der Waals surface area (Å²) in [5.74, 6) is 0.192. The smallest absolute Gasteiger partial charge is 0.180 e. The van der Waals surface area contributed by atoms with Crippen LogP contribution in [0, 0.1) is 0 Å². The van der Waals surface area contributed by atoms with Gasteiger partial charge >= 0.3 is 0 Å². The van der Waals surface area contributed by atoms with Crippen LogP contribution >= 0.6 is 11.3 Å². The molecule has 96 valence electrons. The molecule has 0 fully saturated rings. The van der Waals surface area contributed by atoms with Crippen molar-refractivity contribution in [2.45, 2.75) is 39.2 Å². The molecule has 0 amide bonds. The SMILES string of the molecule is CC(C)n1nccc1C(=O)CCCc1cccs1. The van der Waals surface area contributed by atoms with Crippen molar-refractivity contribution in [3.63, 3.8) is 0 Å². The van der Waals surface area contributed by atoms with Gasteiger partial charge in [0, 0.05) is 23.5 Å². The number of aryl methyl sites for hydroxylation is 1. The summed E-state index contributed by atoms with van der Waals surface area (Å²) >= 11 is 1.75. The van der Waals surface area contributed by atoms with Gasteiger partial charge in [0.1, 0.15) is 5.69 Å². The van der Waals surface area contributed by atoms with Gasteiger partial charge in [0.15, 0.2) is 5.78 Å². The van der Waals surface area contributed by atoms with Gasteiger partial charge in [0.2, 0.25) is 0 Å². The van der Waals surface area contributed by atoms with Crippen LogP contribution in [0.2, 0.25) is 0 Å². The normalized spacial score (nSPS) is 11.1. The summed E-state index contributed by atoms with van der Waals surface area (Å²) in [5, 5.41) is 6.27. The quantitative estimate of drug-likeness (QED) is 0.743. The maximum absolute atomic E-state index is 12.1. The molecular formula is C14H18N2OS. The Balaban J connectivity index is 1.89. The molecule has 0 unspecified atom stereocenters. The molecule has 2 heterocycles. The molecule has 0 bridgehead atoms. The van der Waals surface area contributed by atoms with E-state index in [0.717, 1.165) is 18.5 Å². The maximum atomic E-state index is 12.1. The molecule has 2 aromatic rings. The van der Waals surface area contributed by atoms with Gasteiger partial charge < -0.3 is 0 Å². The van der Waals surface area contributed by atoms with Crippen molar-refractivity contribution in [2.75, 3.05) is 0 Å². The lowest BCUT2D eigenvalue weighted by molar-refractivity contribution is 0.0968. The summed E-state index contributed by atoms with van der Waals surface area (Å²) in [6, 6.07) is 6.22. The Morgan fingerprint density at radius 1 is 1.44 bits per heavy atom. The van der Waals surface area contributed by atoms with Gasteiger partial charge in [0.05, 0.1) is 0 Å². The number of aromatic nitrogens is 2. The van der Waals surface area contributed by atoms with E-state index in [2.05, 4.69) is 22.6 Å². The summed E-state index contributed by atoms with van der Waals surface area (Å²) < 4.78 is 1.80. The highest BCUT2D eigenvalue weighted by atomic mass is 32.1. The van der Waals surface area contributed by atoms with E-state index in [-0.39, 0.29) is 11.8 Å². The molecule has 0 radical (unpaired) electrons. The van der Waals surface area contributed by atoms with Gasteiger partial charge in [-0.1, -0.05) is 6.07 Å². The zero-order valence-corrected chi connectivity index (χ0v) is 11.6. The number of carbonyl (C=O) groups excluding carboxylic acids is 1. The second kappa shape index (κ2) is 5.96. The highest BCUT2D eigenvalue weighted by Crippen LogP contribution is 2.15. The minimum Gasteiger partial charge on any atom is -0.292 e. The first kappa shape index (κ1) is 13.0. The lowest BCUT2D eigenvalue weighted by atomic mass is 10.1. The first-order valence-electron chi connectivity index (χ1n) is 6.27. The van der Waals surface area contributed by atoms with Gasteiger partial charge in [-0.05, 0) is 44.2 Å². The first-order chi connectivity index (χ1) is 8.68. The Labute approximate surface area is 111 Å². The van der Waals surface area contributed by atoms with E-state index in [1.807, 2.05) is 19.9 Å². The van der Waals surface area contributed by atoms with Gasteiger partial charge in [0.25, 0.3) is 0 Å². The van der Waals surface area contributed by atoms with Crippen LogP contribution in [0.3, 0.4) is 0 Å². The monoisotopic (exact) mass is 262 g/mol. The molecule has 0 aliphatic rings. The van der Waals surface area contributed by atoms with Crippen molar-refractivity contribution in [3.8, 4) is 0 Å². The van der Waals surface area contributed by atoms with Crippen molar-refractivity contribution in [1.82, 2.24) is 9.78 Å². The molecule has 3 nitrogen and oxygen atoms in total. The molecule has 0 spiro atoms. The summed E-state index contributed by atoms with van der Waals surface area (Å²) in [4.78, 5) is 13.4. The zero-order chi connectivity index (χ0) is 13.0. The van der Waals surface area contributed by atoms with E-state index < -0.39 is 0 Å². The maximum Gasteiger partial charge on any atom is 0.180 e. The molecule has 0 N–H and O–H groups in total. The minimum absolute atomic E-state index is 0.192. The molecular weight excluding hydrogens is 244 g/mol. The number of hydrogen-bond acceptors (Lipinski definition) is 3. The molecule has 0 aromatic carbocycles. The van der Waals surface area contributed by atoms with Gasteiger partial charge in [-0.25, -0.2) is 0 Å². The predicted molar refractivity (Wildman–Crippen MR) is 74.2 cm³/mol. The number of ketones is 1. The molecule has 0 saturated heterocycles. The van der Waals surface area contributed by atoms with Crippen LogP contribution in [0.25, 0.3) is 0 Å². The average Bonchev–Trinajstić information content (AvgIpc) is 2.99. The van der Waals surface area contributed by atoms with E-state index in [4.69, 9.17) is 0 Å². The largest absolute Gasteiger partial charge is 0.292 e. The molecule has 0 aliphatic carbocycles. The molecule has 0 atom stereocenters. The first-order valence-corrected chi connectivity index (χ1v) is 7.15. The Kier molecular flexibility index (Phi) is 4.31. The molecule has 0 saturated carbocycles. The second-order valence-corrected chi connectivity index (χ2v) is 5.64. The minimum atomic E-state index is 0.192. The summed E-state index contributed by atoms with van der Waals surface area (Å²) in [7, 11) is 0. The fourth-order valence-corrected chi connectivity index (χ4v) is 2.70. The van der Waals surface area contributed by atoms with Crippen molar-refractivity contribution in [3.05, 3.63) is 40.3 Å². The molecule has 2 rings (SSSR count). The molecule has 0 aliphatic heterocycles. The lowest BCUT2D eigenvalue weighted by Crippen LogP contribution is -2.12. The van der Waals surface area contributed by atoms with Crippen LogP contribution in [-0.4, -0.2) is 15.6 Å². The number of Topliss-reactive ketones (excluding diaryl/α,β-unsaturated/α-hetero) is 1. The molecule has 2 aromatic heterocycles. The van der Waals surface area contributed by atoms with Crippen LogP contribution in [0.4, 0.5) is 0 Å². The van der Waals surface area contributed by atoms with Crippen molar-refractivity contribution < 1.29 is 4.79 Å². The fraction of sp³-hybridized carbons (Fsp3) is 0.429. The van der Waals surface area contributed by atoms with Crippen LogP contribution < -0.4 is 0 Å². The standard InChI is InChI=1S/C14H18N2OS/c1-11(2)16-13(8-9-15-16)14(17)7-3-5-12-6-4-10-18-12/h4,6,8-11H,3,5,7H2,1-2H3. The van der Waals surface area contributed by atoms with Crippen LogP contribution in [0.5, 0.6) is 0 Å². The van der Waals surface area contributed by atoms with Gasteiger partial charge in [-0.3, -0.25) is 9.48 Å².